The summed E-state index contributed by atoms with van der Waals surface area (Å²) in [6.07, 6.45) is 4.15. The zero-order valence-electron chi connectivity index (χ0n) is 19.3. The number of hydrogen-bond acceptors (Lipinski definition) is 4. The van der Waals surface area contributed by atoms with E-state index in [2.05, 4.69) is 45.3 Å². The zero-order chi connectivity index (χ0) is 21.8. The highest BCUT2D eigenvalue weighted by molar-refractivity contribution is 7.62. The number of nitrogens with zero attached hydrogens (tertiary/aromatic N) is 2. The van der Waals surface area contributed by atoms with Crippen molar-refractivity contribution in [2.75, 3.05) is 26.0 Å². The number of carbonyl (C=O) groups excluding carboxylic acids is 1. The van der Waals surface area contributed by atoms with Crippen LogP contribution in [0.5, 0.6) is 0 Å². The van der Waals surface area contributed by atoms with Crippen LogP contribution in [0.1, 0.15) is 70.5 Å². The Morgan fingerprint density at radius 2 is 1.90 bits per heavy atom. The van der Waals surface area contributed by atoms with Gasteiger partial charge in [0.1, 0.15) is 0 Å². The van der Waals surface area contributed by atoms with Crippen molar-refractivity contribution < 1.29 is 9.36 Å². The predicted octanol–water partition coefficient (Wildman–Crippen LogP) is 5.86. The van der Waals surface area contributed by atoms with Gasteiger partial charge in [-0.3, -0.25) is 0 Å². The van der Waals surface area contributed by atoms with E-state index in [1.165, 1.54) is 0 Å². The van der Waals surface area contributed by atoms with Crippen LogP contribution in [0.15, 0.2) is 5.38 Å². The van der Waals surface area contributed by atoms with Crippen LogP contribution in [-0.4, -0.2) is 48.0 Å². The number of hydrogen-bond donors (Lipinski definition) is 1. The molecular formula is C22H40N3O2PS. The molecule has 0 spiro atoms. The normalized spacial score (nSPS) is 21.0. The maximum Gasteiger partial charge on any atom is 0.317 e. The van der Waals surface area contributed by atoms with Gasteiger partial charge in [-0.1, -0.05) is 27.7 Å². The van der Waals surface area contributed by atoms with Gasteiger partial charge in [0, 0.05) is 30.0 Å². The van der Waals surface area contributed by atoms with Gasteiger partial charge in [-0.25, -0.2) is 9.78 Å². The number of carbonyl (C=O) groups is 1. The lowest BCUT2D eigenvalue weighted by Crippen LogP contribution is -2.46. The van der Waals surface area contributed by atoms with Crippen LogP contribution in [0.3, 0.4) is 0 Å². The quantitative estimate of drug-likeness (QED) is 0.488. The second-order valence-electron chi connectivity index (χ2n) is 10.00. The Morgan fingerprint density at radius 1 is 1.24 bits per heavy atom. The third kappa shape index (κ3) is 8.05. The van der Waals surface area contributed by atoms with Gasteiger partial charge in [0.25, 0.3) is 0 Å². The van der Waals surface area contributed by atoms with Crippen molar-refractivity contribution in [1.29, 1.82) is 0 Å². The first-order chi connectivity index (χ1) is 13.4. The van der Waals surface area contributed by atoms with Crippen LogP contribution < -0.4 is 5.32 Å². The Hall–Kier alpha value is -0.870. The molecule has 1 fully saturated rings. The van der Waals surface area contributed by atoms with Crippen LogP contribution in [0.4, 0.5) is 4.79 Å². The minimum absolute atomic E-state index is 0.00500. The first-order valence-corrected chi connectivity index (χ1v) is 14.6. The van der Waals surface area contributed by atoms with Gasteiger partial charge in [-0.15, -0.1) is 11.3 Å². The Labute approximate surface area is 181 Å². The average Bonchev–Trinajstić information content (AvgIpc) is 3.22. The third-order valence-electron chi connectivity index (χ3n) is 5.88. The zero-order valence-corrected chi connectivity index (χ0v) is 21.0. The molecule has 0 aromatic carbocycles. The summed E-state index contributed by atoms with van der Waals surface area (Å²) in [6, 6.07) is 0.138. The molecule has 1 aliphatic rings. The highest BCUT2D eigenvalue weighted by Crippen LogP contribution is 2.44. The molecule has 29 heavy (non-hydrogen) atoms. The van der Waals surface area contributed by atoms with E-state index in [9.17, 15) is 9.36 Å². The third-order valence-corrected chi connectivity index (χ3v) is 8.47. The van der Waals surface area contributed by atoms with Gasteiger partial charge in [0.15, 0.2) is 0 Å². The lowest BCUT2D eigenvalue weighted by atomic mass is 10.1. The lowest BCUT2D eigenvalue weighted by molar-refractivity contribution is 0.177. The molecule has 0 bridgehead atoms. The van der Waals surface area contributed by atoms with E-state index in [1.807, 2.05) is 18.2 Å². The monoisotopic (exact) mass is 441 g/mol. The molecule has 1 aliphatic carbocycles. The summed E-state index contributed by atoms with van der Waals surface area (Å²) < 4.78 is 12.2. The topological polar surface area (TPSA) is 62.3 Å². The molecule has 1 N–H and O–H groups in total. The van der Waals surface area contributed by atoms with E-state index in [-0.39, 0.29) is 12.1 Å². The molecule has 166 valence electrons. The molecule has 0 saturated heterocycles. The number of rotatable bonds is 9. The van der Waals surface area contributed by atoms with E-state index in [0.717, 1.165) is 42.7 Å². The summed E-state index contributed by atoms with van der Waals surface area (Å²) in [5.74, 6) is 1.82. The van der Waals surface area contributed by atoms with E-state index in [4.69, 9.17) is 4.98 Å². The molecule has 3 atom stereocenters. The fourth-order valence-electron chi connectivity index (χ4n) is 3.97. The molecular weight excluding hydrogens is 401 g/mol. The van der Waals surface area contributed by atoms with Gasteiger partial charge in [-0.2, -0.15) is 0 Å². The molecule has 1 aromatic rings. The summed E-state index contributed by atoms with van der Waals surface area (Å²) in [5.41, 5.74) is 0.979. The van der Waals surface area contributed by atoms with E-state index in [1.54, 1.807) is 11.3 Å². The Bertz CT molecular complexity index is 713. The van der Waals surface area contributed by atoms with Crippen molar-refractivity contribution in [3.05, 3.63) is 16.1 Å². The molecule has 1 aromatic heterocycles. The predicted molar refractivity (Wildman–Crippen MR) is 125 cm³/mol. The molecule has 0 radical (unpaired) electrons. The lowest BCUT2D eigenvalue weighted by Gasteiger charge is -2.28. The van der Waals surface area contributed by atoms with Crippen molar-refractivity contribution in [3.8, 4) is 0 Å². The summed E-state index contributed by atoms with van der Waals surface area (Å²) in [6.45, 7) is 15.7. The molecule has 5 nitrogen and oxygen atoms in total. The average molecular weight is 442 g/mol. The highest BCUT2D eigenvalue weighted by Gasteiger charge is 2.30. The Morgan fingerprint density at radius 3 is 2.45 bits per heavy atom. The first-order valence-electron chi connectivity index (χ1n) is 11.0. The van der Waals surface area contributed by atoms with E-state index < -0.39 is 7.14 Å². The van der Waals surface area contributed by atoms with Crippen LogP contribution in [-0.2, 0) is 11.1 Å². The maximum atomic E-state index is 13.0. The van der Waals surface area contributed by atoms with Crippen molar-refractivity contribution in [2.45, 2.75) is 72.4 Å². The van der Waals surface area contributed by atoms with Crippen LogP contribution in [0, 0.1) is 17.8 Å². The molecule has 1 heterocycles. The van der Waals surface area contributed by atoms with Gasteiger partial charge in [0.05, 0.1) is 24.4 Å². The second-order valence-corrected chi connectivity index (χ2v) is 14.4. The molecule has 1 saturated carbocycles. The standard InChI is InChI=1S/C22H40N3O2PS/c1-15(2)17(5)23-22(26)25(12-20-14-29-21(24-20)16(3)4)11-18-8-9-19(10-18)13-28(6,7)27/h14-19H,8-13H2,1-7H3,(H,23,26)/t17-,18?,19?/m1/s1. The summed E-state index contributed by atoms with van der Waals surface area (Å²) in [7, 11) is -1.99. The Balaban J connectivity index is 2.05. The summed E-state index contributed by atoms with van der Waals surface area (Å²) in [5, 5.41) is 6.38. The molecule has 2 amide bonds. The van der Waals surface area contributed by atoms with Gasteiger partial charge in [0.2, 0.25) is 0 Å². The number of nitrogens with one attached hydrogen (secondary N) is 1. The highest BCUT2D eigenvalue weighted by atomic mass is 32.1. The number of amides is 2. The van der Waals surface area contributed by atoms with Crippen LogP contribution >= 0.6 is 18.5 Å². The van der Waals surface area contributed by atoms with Crippen LogP contribution in [0.25, 0.3) is 0 Å². The fourth-order valence-corrected chi connectivity index (χ4v) is 6.37. The largest absolute Gasteiger partial charge is 0.335 e. The van der Waals surface area contributed by atoms with E-state index in [0.29, 0.717) is 30.2 Å². The first kappa shape index (κ1) is 24.4. The second kappa shape index (κ2) is 10.4. The summed E-state index contributed by atoms with van der Waals surface area (Å²) >= 11 is 1.68. The molecule has 2 unspecified atom stereocenters. The van der Waals surface area contributed by atoms with Crippen molar-refractivity contribution >= 4 is 24.5 Å². The maximum absolute atomic E-state index is 13.0. The van der Waals surface area contributed by atoms with Crippen molar-refractivity contribution in [1.82, 2.24) is 15.2 Å². The Kier molecular flexibility index (Phi) is 8.78. The minimum Gasteiger partial charge on any atom is -0.335 e. The van der Waals surface area contributed by atoms with Gasteiger partial charge in [-0.05, 0) is 57.3 Å². The summed E-state index contributed by atoms with van der Waals surface area (Å²) in [4.78, 5) is 19.7. The molecule has 2 rings (SSSR count). The van der Waals surface area contributed by atoms with Gasteiger partial charge < -0.3 is 14.8 Å². The number of urea groups is 1. The molecule has 7 heteroatoms. The SMILES string of the molecule is CC(C)c1nc(CN(CC2CCC(CP(C)(C)=O)C2)C(=O)N[C@H](C)C(C)C)cs1. The van der Waals surface area contributed by atoms with Crippen molar-refractivity contribution in [2.24, 2.45) is 17.8 Å². The van der Waals surface area contributed by atoms with E-state index >= 15 is 0 Å². The van der Waals surface area contributed by atoms with Gasteiger partial charge >= 0.3 is 6.03 Å². The smallest absolute Gasteiger partial charge is 0.317 e. The fraction of sp³-hybridized carbons (Fsp3) is 0.818. The number of thiazole rings is 1. The van der Waals surface area contributed by atoms with Crippen molar-refractivity contribution in [3.63, 3.8) is 0 Å². The molecule has 0 aliphatic heterocycles. The van der Waals surface area contributed by atoms with Crippen LogP contribution in [0.2, 0.25) is 0 Å². The number of aromatic nitrogens is 1. The minimum atomic E-state index is -1.99.